The number of likely N-dealkylation sites (N-methyl/N-ethyl adjacent to an activating group) is 1. The standard InChI is InChI=1S/C20H20Cl2N4O3S/c1-25(2)8-7-23-19(28)17-6-4-14(29-17)12-26-9-10-30-20(26)24-18(27)13-3-5-15(21)16(22)11-13/h3-6,9-11H,7-8,12H2,1-2H3,(H,23,28). The predicted octanol–water partition coefficient (Wildman–Crippen LogP) is 3.53. The molecule has 0 saturated heterocycles. The van der Waals surface area contributed by atoms with Gasteiger partial charge in [0.1, 0.15) is 5.76 Å². The Hall–Kier alpha value is -2.39. The first-order chi connectivity index (χ1) is 14.3. The molecular weight excluding hydrogens is 447 g/mol. The fourth-order valence-corrected chi connectivity index (χ4v) is 3.54. The molecule has 0 bridgehead atoms. The molecule has 0 radical (unpaired) electrons. The van der Waals surface area contributed by atoms with E-state index in [1.54, 1.807) is 35.0 Å². The van der Waals surface area contributed by atoms with E-state index in [0.29, 0.717) is 39.3 Å². The van der Waals surface area contributed by atoms with Crippen LogP contribution in [-0.4, -0.2) is 48.5 Å². The van der Waals surface area contributed by atoms with E-state index in [0.717, 1.165) is 6.54 Å². The zero-order valence-electron chi connectivity index (χ0n) is 16.4. The van der Waals surface area contributed by atoms with Crippen molar-refractivity contribution in [3.8, 4) is 0 Å². The van der Waals surface area contributed by atoms with E-state index in [1.807, 2.05) is 24.4 Å². The molecule has 1 N–H and O–H groups in total. The molecule has 3 rings (SSSR count). The van der Waals surface area contributed by atoms with E-state index in [-0.39, 0.29) is 11.7 Å². The molecule has 0 aliphatic heterocycles. The first-order valence-corrected chi connectivity index (χ1v) is 10.7. The Morgan fingerprint density at radius 1 is 1.20 bits per heavy atom. The topological polar surface area (TPSA) is 79.8 Å². The second-order valence-electron chi connectivity index (χ2n) is 6.68. The molecule has 0 fully saturated rings. The van der Waals surface area contributed by atoms with Crippen molar-refractivity contribution in [3.05, 3.63) is 73.8 Å². The van der Waals surface area contributed by atoms with Gasteiger partial charge in [-0.15, -0.1) is 11.3 Å². The number of rotatable bonds is 7. The highest BCUT2D eigenvalue weighted by molar-refractivity contribution is 7.07. The van der Waals surface area contributed by atoms with Gasteiger partial charge in [-0.25, -0.2) is 0 Å². The van der Waals surface area contributed by atoms with Crippen molar-refractivity contribution < 1.29 is 14.0 Å². The molecule has 0 spiro atoms. The molecule has 0 aliphatic carbocycles. The lowest BCUT2D eigenvalue weighted by atomic mass is 10.2. The summed E-state index contributed by atoms with van der Waals surface area (Å²) in [6.45, 7) is 1.60. The van der Waals surface area contributed by atoms with E-state index in [4.69, 9.17) is 27.6 Å². The zero-order chi connectivity index (χ0) is 21.7. The first kappa shape index (κ1) is 22.3. The average Bonchev–Trinajstić information content (AvgIpc) is 3.34. The van der Waals surface area contributed by atoms with E-state index in [9.17, 15) is 9.59 Å². The first-order valence-electron chi connectivity index (χ1n) is 9.03. The molecule has 0 aliphatic rings. The minimum atomic E-state index is -0.426. The van der Waals surface area contributed by atoms with Crippen LogP contribution in [0.25, 0.3) is 0 Å². The van der Waals surface area contributed by atoms with Gasteiger partial charge >= 0.3 is 0 Å². The van der Waals surface area contributed by atoms with E-state index >= 15 is 0 Å². The van der Waals surface area contributed by atoms with Gasteiger partial charge < -0.3 is 19.2 Å². The van der Waals surface area contributed by atoms with Gasteiger partial charge in [0.2, 0.25) is 0 Å². The molecule has 0 saturated carbocycles. The number of hydrogen-bond donors (Lipinski definition) is 1. The van der Waals surface area contributed by atoms with Gasteiger partial charge in [0, 0.05) is 30.2 Å². The van der Waals surface area contributed by atoms with Crippen LogP contribution < -0.4 is 10.1 Å². The lowest BCUT2D eigenvalue weighted by Gasteiger charge is -2.09. The normalized spacial score (nSPS) is 11.8. The van der Waals surface area contributed by atoms with Crippen LogP contribution in [0.2, 0.25) is 10.0 Å². The Morgan fingerprint density at radius 3 is 2.73 bits per heavy atom. The van der Waals surface area contributed by atoms with Gasteiger partial charge in [-0.05, 0) is 44.4 Å². The monoisotopic (exact) mass is 466 g/mol. The van der Waals surface area contributed by atoms with Crippen molar-refractivity contribution in [2.24, 2.45) is 4.99 Å². The van der Waals surface area contributed by atoms with Gasteiger partial charge in [-0.3, -0.25) is 9.59 Å². The zero-order valence-corrected chi connectivity index (χ0v) is 18.7. The molecular formula is C20H20Cl2N4O3S. The lowest BCUT2D eigenvalue weighted by Crippen LogP contribution is -2.31. The van der Waals surface area contributed by atoms with Gasteiger partial charge in [0.15, 0.2) is 10.6 Å². The van der Waals surface area contributed by atoms with Crippen molar-refractivity contribution in [2.45, 2.75) is 6.54 Å². The minimum absolute atomic E-state index is 0.241. The molecule has 3 aromatic rings. The van der Waals surface area contributed by atoms with Crippen molar-refractivity contribution in [1.82, 2.24) is 14.8 Å². The maximum Gasteiger partial charge on any atom is 0.287 e. The van der Waals surface area contributed by atoms with Crippen LogP contribution in [0.4, 0.5) is 0 Å². The number of carbonyl (C=O) groups excluding carboxylic acids is 2. The molecule has 2 amide bonds. The molecule has 0 atom stereocenters. The fraction of sp³-hybridized carbons (Fsp3) is 0.250. The van der Waals surface area contributed by atoms with Crippen LogP contribution in [0.5, 0.6) is 0 Å². The second kappa shape index (κ2) is 10.1. The van der Waals surface area contributed by atoms with Crippen LogP contribution in [0.1, 0.15) is 26.7 Å². The highest BCUT2D eigenvalue weighted by Gasteiger charge is 2.12. The van der Waals surface area contributed by atoms with E-state index in [1.165, 1.54) is 17.4 Å². The highest BCUT2D eigenvalue weighted by Crippen LogP contribution is 2.22. The Labute approximate surface area is 187 Å². The summed E-state index contributed by atoms with van der Waals surface area (Å²) in [5.74, 6) is 0.128. The maximum atomic E-state index is 12.5. The van der Waals surface area contributed by atoms with Crippen LogP contribution in [0.15, 0.2) is 51.3 Å². The Morgan fingerprint density at radius 2 is 2.00 bits per heavy atom. The number of benzene rings is 1. The van der Waals surface area contributed by atoms with Gasteiger partial charge in [0.05, 0.1) is 16.6 Å². The number of furan rings is 1. The highest BCUT2D eigenvalue weighted by atomic mass is 35.5. The molecule has 1 aromatic carbocycles. The third-order valence-corrected chi connectivity index (χ3v) is 5.61. The summed E-state index contributed by atoms with van der Waals surface area (Å²) in [4.78, 5) is 31.3. The summed E-state index contributed by atoms with van der Waals surface area (Å²) in [6.07, 6.45) is 1.80. The molecule has 0 unspecified atom stereocenters. The minimum Gasteiger partial charge on any atom is -0.454 e. The molecule has 30 heavy (non-hydrogen) atoms. The third-order valence-electron chi connectivity index (χ3n) is 4.08. The number of amides is 2. The van der Waals surface area contributed by atoms with Crippen molar-refractivity contribution in [3.63, 3.8) is 0 Å². The number of nitrogens with one attached hydrogen (secondary N) is 1. The summed E-state index contributed by atoms with van der Waals surface area (Å²) in [5, 5.41) is 5.29. The van der Waals surface area contributed by atoms with E-state index in [2.05, 4.69) is 10.3 Å². The van der Waals surface area contributed by atoms with E-state index < -0.39 is 5.91 Å². The van der Waals surface area contributed by atoms with Crippen molar-refractivity contribution >= 4 is 46.4 Å². The fourth-order valence-electron chi connectivity index (χ4n) is 2.52. The summed E-state index contributed by atoms with van der Waals surface area (Å²) in [6, 6.07) is 7.98. The Bertz CT molecular complexity index is 1120. The summed E-state index contributed by atoms with van der Waals surface area (Å²) >= 11 is 13.2. The second-order valence-corrected chi connectivity index (χ2v) is 8.37. The largest absolute Gasteiger partial charge is 0.454 e. The van der Waals surface area contributed by atoms with Crippen LogP contribution in [0.3, 0.4) is 0 Å². The molecule has 2 heterocycles. The third kappa shape index (κ3) is 5.82. The molecule has 7 nitrogen and oxygen atoms in total. The summed E-state index contributed by atoms with van der Waals surface area (Å²) in [7, 11) is 3.87. The van der Waals surface area contributed by atoms with Crippen LogP contribution >= 0.6 is 34.5 Å². The Balaban J connectivity index is 1.71. The smallest absolute Gasteiger partial charge is 0.287 e. The number of thiazole rings is 1. The van der Waals surface area contributed by atoms with Crippen LogP contribution in [-0.2, 0) is 6.54 Å². The van der Waals surface area contributed by atoms with Gasteiger partial charge in [0.25, 0.3) is 11.8 Å². The SMILES string of the molecule is CN(C)CCNC(=O)c1ccc(Cn2ccsc2=NC(=O)c2ccc(Cl)c(Cl)c2)o1. The maximum absolute atomic E-state index is 12.5. The number of nitrogens with zero attached hydrogens (tertiary/aromatic N) is 3. The lowest BCUT2D eigenvalue weighted by molar-refractivity contribution is 0.0921. The Kier molecular flexibility index (Phi) is 7.49. The molecule has 10 heteroatoms. The average molecular weight is 467 g/mol. The van der Waals surface area contributed by atoms with Crippen LogP contribution in [0, 0.1) is 0 Å². The summed E-state index contributed by atoms with van der Waals surface area (Å²) < 4.78 is 7.42. The number of aromatic nitrogens is 1. The van der Waals surface area contributed by atoms with Gasteiger partial charge in [-0.2, -0.15) is 4.99 Å². The number of hydrogen-bond acceptors (Lipinski definition) is 5. The van der Waals surface area contributed by atoms with Crippen molar-refractivity contribution in [2.75, 3.05) is 27.2 Å². The predicted molar refractivity (Wildman–Crippen MR) is 117 cm³/mol. The van der Waals surface area contributed by atoms with Crippen molar-refractivity contribution in [1.29, 1.82) is 0 Å². The number of halogens is 2. The summed E-state index contributed by atoms with van der Waals surface area (Å²) in [5.41, 5.74) is 0.346. The molecule has 2 aromatic heterocycles. The quantitative estimate of drug-likeness (QED) is 0.577. The molecule has 158 valence electrons. The number of carbonyl (C=O) groups is 2. The van der Waals surface area contributed by atoms with Gasteiger partial charge in [-0.1, -0.05) is 23.2 Å².